The van der Waals surface area contributed by atoms with E-state index in [1.807, 2.05) is 0 Å². The SMILES string of the molecule is Nc1cc(Br)cc(C(=O)OCc2ccc(Cl)cc2Cl)c1. The largest absolute Gasteiger partial charge is 0.457 e. The van der Waals surface area contributed by atoms with Crippen LogP contribution in [0.4, 0.5) is 5.69 Å². The number of hydrogen-bond acceptors (Lipinski definition) is 3. The molecule has 2 aromatic carbocycles. The van der Waals surface area contributed by atoms with Crippen molar-refractivity contribution in [1.29, 1.82) is 0 Å². The van der Waals surface area contributed by atoms with Crippen molar-refractivity contribution >= 4 is 50.8 Å². The van der Waals surface area contributed by atoms with Gasteiger partial charge in [-0.3, -0.25) is 0 Å². The fraction of sp³-hybridized carbons (Fsp3) is 0.0714. The van der Waals surface area contributed by atoms with Crippen LogP contribution < -0.4 is 5.73 Å². The lowest BCUT2D eigenvalue weighted by Gasteiger charge is -2.08. The fourth-order valence-corrected chi connectivity index (χ4v) is 2.57. The Morgan fingerprint density at radius 3 is 2.60 bits per heavy atom. The monoisotopic (exact) mass is 373 g/mol. The minimum atomic E-state index is -0.469. The third kappa shape index (κ3) is 3.88. The average Bonchev–Trinajstić information content (AvgIpc) is 2.36. The normalized spacial score (nSPS) is 10.3. The molecule has 0 fully saturated rings. The standard InChI is InChI=1S/C14H10BrCl2NO2/c15-10-3-9(4-12(18)5-10)14(19)20-7-8-1-2-11(16)6-13(8)17/h1-6H,7,18H2. The van der Waals surface area contributed by atoms with E-state index in [0.29, 0.717) is 31.3 Å². The number of ether oxygens (including phenoxy) is 1. The van der Waals surface area contributed by atoms with Gasteiger partial charge in [0.15, 0.2) is 0 Å². The Morgan fingerprint density at radius 1 is 1.20 bits per heavy atom. The molecule has 2 rings (SSSR count). The molecule has 0 aliphatic heterocycles. The lowest BCUT2D eigenvalue weighted by Crippen LogP contribution is -2.06. The van der Waals surface area contributed by atoms with Crippen LogP contribution in [-0.4, -0.2) is 5.97 Å². The molecule has 3 nitrogen and oxygen atoms in total. The maximum atomic E-state index is 11.9. The quantitative estimate of drug-likeness (QED) is 0.626. The summed E-state index contributed by atoms with van der Waals surface area (Å²) in [4.78, 5) is 11.9. The van der Waals surface area contributed by atoms with Crippen molar-refractivity contribution in [2.75, 3.05) is 5.73 Å². The van der Waals surface area contributed by atoms with E-state index in [-0.39, 0.29) is 6.61 Å². The van der Waals surface area contributed by atoms with E-state index in [2.05, 4.69) is 15.9 Å². The number of hydrogen-bond donors (Lipinski definition) is 1. The molecule has 2 N–H and O–H groups in total. The van der Waals surface area contributed by atoms with Crippen LogP contribution in [0.2, 0.25) is 10.0 Å². The van der Waals surface area contributed by atoms with Crippen LogP contribution in [0, 0.1) is 0 Å². The Hall–Kier alpha value is -1.23. The minimum Gasteiger partial charge on any atom is -0.457 e. The molecule has 104 valence electrons. The molecule has 0 amide bonds. The summed E-state index contributed by atoms with van der Waals surface area (Å²) in [7, 11) is 0. The van der Waals surface area contributed by atoms with Crippen molar-refractivity contribution in [3.8, 4) is 0 Å². The van der Waals surface area contributed by atoms with Gasteiger partial charge in [0.25, 0.3) is 0 Å². The zero-order valence-corrected chi connectivity index (χ0v) is 13.3. The summed E-state index contributed by atoms with van der Waals surface area (Å²) in [5.74, 6) is -0.469. The van der Waals surface area contributed by atoms with E-state index in [9.17, 15) is 4.79 Å². The maximum Gasteiger partial charge on any atom is 0.338 e. The summed E-state index contributed by atoms with van der Waals surface area (Å²) >= 11 is 15.1. The number of carbonyl (C=O) groups is 1. The Labute approximate surface area is 134 Å². The van der Waals surface area contributed by atoms with Gasteiger partial charge >= 0.3 is 5.97 Å². The molecule has 0 atom stereocenters. The van der Waals surface area contributed by atoms with Crippen molar-refractivity contribution in [1.82, 2.24) is 0 Å². The highest BCUT2D eigenvalue weighted by atomic mass is 79.9. The minimum absolute atomic E-state index is 0.0707. The summed E-state index contributed by atoms with van der Waals surface area (Å²) in [6.45, 7) is 0.0707. The fourth-order valence-electron chi connectivity index (χ4n) is 1.60. The lowest BCUT2D eigenvalue weighted by atomic mass is 10.2. The highest BCUT2D eigenvalue weighted by Gasteiger charge is 2.10. The van der Waals surface area contributed by atoms with Crippen LogP contribution in [0.1, 0.15) is 15.9 Å². The number of nitrogens with two attached hydrogens (primary N) is 1. The Bertz CT molecular complexity index is 641. The predicted octanol–water partition coefficient (Wildman–Crippen LogP) is 4.70. The molecule has 2 aromatic rings. The lowest BCUT2D eigenvalue weighted by molar-refractivity contribution is 0.0473. The molecule has 0 aromatic heterocycles. The van der Waals surface area contributed by atoms with Gasteiger partial charge in [-0.2, -0.15) is 0 Å². The average molecular weight is 375 g/mol. The molecular formula is C14H10BrCl2NO2. The van der Waals surface area contributed by atoms with Crippen molar-refractivity contribution in [2.45, 2.75) is 6.61 Å². The number of anilines is 1. The van der Waals surface area contributed by atoms with Gasteiger partial charge in [-0.1, -0.05) is 45.2 Å². The van der Waals surface area contributed by atoms with E-state index >= 15 is 0 Å². The summed E-state index contributed by atoms with van der Waals surface area (Å²) in [6, 6.07) is 9.90. The van der Waals surface area contributed by atoms with Gasteiger partial charge in [-0.15, -0.1) is 0 Å². The molecule has 20 heavy (non-hydrogen) atoms. The van der Waals surface area contributed by atoms with Crippen LogP contribution in [0.5, 0.6) is 0 Å². The number of carbonyl (C=O) groups excluding carboxylic acids is 1. The number of esters is 1. The molecular weight excluding hydrogens is 365 g/mol. The van der Waals surface area contributed by atoms with Crippen LogP contribution in [-0.2, 0) is 11.3 Å². The number of benzene rings is 2. The second-order valence-electron chi connectivity index (χ2n) is 4.09. The van der Waals surface area contributed by atoms with Crippen molar-refractivity contribution in [2.24, 2.45) is 0 Å². The first-order valence-corrected chi connectivity index (χ1v) is 7.18. The van der Waals surface area contributed by atoms with Crippen LogP contribution in [0.25, 0.3) is 0 Å². The second-order valence-corrected chi connectivity index (χ2v) is 5.84. The van der Waals surface area contributed by atoms with Crippen molar-refractivity contribution in [3.63, 3.8) is 0 Å². The molecule has 0 aliphatic carbocycles. The molecule has 0 saturated heterocycles. The zero-order valence-electron chi connectivity index (χ0n) is 10.2. The predicted molar refractivity (Wildman–Crippen MR) is 84.1 cm³/mol. The van der Waals surface area contributed by atoms with Gasteiger partial charge in [0.05, 0.1) is 5.56 Å². The van der Waals surface area contributed by atoms with Gasteiger partial charge < -0.3 is 10.5 Å². The smallest absolute Gasteiger partial charge is 0.338 e. The number of rotatable bonds is 3. The zero-order chi connectivity index (χ0) is 14.7. The summed E-state index contributed by atoms with van der Waals surface area (Å²) in [5.41, 5.74) is 7.22. The Morgan fingerprint density at radius 2 is 1.95 bits per heavy atom. The number of nitrogen functional groups attached to an aromatic ring is 1. The van der Waals surface area contributed by atoms with Crippen molar-refractivity contribution in [3.05, 3.63) is 62.0 Å². The maximum absolute atomic E-state index is 11.9. The van der Waals surface area contributed by atoms with E-state index in [1.54, 1.807) is 36.4 Å². The van der Waals surface area contributed by atoms with Crippen LogP contribution >= 0.6 is 39.1 Å². The first-order chi connectivity index (χ1) is 9.45. The highest BCUT2D eigenvalue weighted by Crippen LogP contribution is 2.23. The number of halogens is 3. The second kappa shape index (κ2) is 6.48. The Balaban J connectivity index is 2.08. The molecule has 0 bridgehead atoms. The summed E-state index contributed by atoms with van der Waals surface area (Å²) in [5, 5.41) is 0.990. The molecule has 6 heteroatoms. The first kappa shape index (κ1) is 15.2. The molecule has 0 saturated carbocycles. The van der Waals surface area contributed by atoms with E-state index in [1.165, 1.54) is 0 Å². The molecule has 0 heterocycles. The van der Waals surface area contributed by atoms with Crippen LogP contribution in [0.3, 0.4) is 0 Å². The van der Waals surface area contributed by atoms with E-state index in [0.717, 1.165) is 0 Å². The summed E-state index contributed by atoms with van der Waals surface area (Å²) in [6.07, 6.45) is 0. The van der Waals surface area contributed by atoms with Gasteiger partial charge in [-0.25, -0.2) is 4.79 Å². The third-order valence-corrected chi connectivity index (χ3v) is 3.57. The first-order valence-electron chi connectivity index (χ1n) is 5.63. The summed E-state index contributed by atoms with van der Waals surface area (Å²) < 4.78 is 5.92. The van der Waals surface area contributed by atoms with E-state index in [4.69, 9.17) is 33.7 Å². The third-order valence-electron chi connectivity index (χ3n) is 2.53. The topological polar surface area (TPSA) is 52.3 Å². The highest BCUT2D eigenvalue weighted by molar-refractivity contribution is 9.10. The van der Waals surface area contributed by atoms with E-state index < -0.39 is 5.97 Å². The van der Waals surface area contributed by atoms with Gasteiger partial charge in [0.2, 0.25) is 0 Å². The molecule has 0 spiro atoms. The Kier molecular flexibility index (Phi) is 4.91. The van der Waals surface area contributed by atoms with Crippen LogP contribution in [0.15, 0.2) is 40.9 Å². The molecule has 0 aliphatic rings. The van der Waals surface area contributed by atoms with Gasteiger partial charge in [0.1, 0.15) is 6.61 Å². The molecule has 0 unspecified atom stereocenters. The molecule has 0 radical (unpaired) electrons. The van der Waals surface area contributed by atoms with Crippen molar-refractivity contribution < 1.29 is 9.53 Å². The van der Waals surface area contributed by atoms with Gasteiger partial charge in [-0.05, 0) is 30.3 Å². The van der Waals surface area contributed by atoms with Gasteiger partial charge in [0, 0.05) is 25.8 Å².